The molecule has 2 rings (SSSR count). The van der Waals surface area contributed by atoms with Crippen LogP contribution in [0.3, 0.4) is 0 Å². The highest BCUT2D eigenvalue weighted by Gasteiger charge is 2.33. The average molecular weight is 332 g/mol. The van der Waals surface area contributed by atoms with Gasteiger partial charge in [0.15, 0.2) is 0 Å². The van der Waals surface area contributed by atoms with Crippen molar-refractivity contribution in [3.63, 3.8) is 0 Å². The molecule has 0 atom stereocenters. The topological polar surface area (TPSA) is 68.3 Å². The molecule has 0 aliphatic carbocycles. The lowest BCUT2D eigenvalue weighted by Crippen LogP contribution is -2.25. The van der Waals surface area contributed by atoms with Gasteiger partial charge in [0.05, 0.1) is 0 Å². The molecular formula is C13H11F3N2O3S. The number of alkyl halides is 3. The molecule has 9 heteroatoms. The standard InChI is InChI=1S/C13H11F3N2O3S/c14-13(15,16)21-11-5-1-2-6-12(11)22(19,20)18-9-10-4-3-7-17-8-10/h1-8,18H,9H2. The van der Waals surface area contributed by atoms with E-state index in [0.29, 0.717) is 5.56 Å². The van der Waals surface area contributed by atoms with Gasteiger partial charge < -0.3 is 4.74 Å². The Labute approximate surface area is 124 Å². The summed E-state index contributed by atoms with van der Waals surface area (Å²) in [5.74, 6) is -0.784. The van der Waals surface area contributed by atoms with Gasteiger partial charge in [-0.15, -0.1) is 13.2 Å². The van der Waals surface area contributed by atoms with Crippen LogP contribution in [0.25, 0.3) is 0 Å². The quantitative estimate of drug-likeness (QED) is 0.913. The fourth-order valence-electron chi connectivity index (χ4n) is 1.64. The molecular weight excluding hydrogens is 321 g/mol. The molecule has 2 aromatic rings. The van der Waals surface area contributed by atoms with E-state index < -0.39 is 27.0 Å². The normalized spacial score (nSPS) is 12.1. The first-order chi connectivity index (χ1) is 10.3. The van der Waals surface area contributed by atoms with Crippen LogP contribution in [0.4, 0.5) is 13.2 Å². The Hall–Kier alpha value is -2.13. The number of halogens is 3. The monoisotopic (exact) mass is 332 g/mol. The van der Waals surface area contributed by atoms with Gasteiger partial charge in [0.2, 0.25) is 10.0 Å². The van der Waals surface area contributed by atoms with Crippen LogP contribution in [0.1, 0.15) is 5.56 Å². The van der Waals surface area contributed by atoms with E-state index in [2.05, 4.69) is 14.4 Å². The van der Waals surface area contributed by atoms with Crippen molar-refractivity contribution in [2.24, 2.45) is 0 Å². The minimum Gasteiger partial charge on any atom is -0.404 e. The second kappa shape index (κ2) is 6.32. The van der Waals surface area contributed by atoms with Gasteiger partial charge in [-0.3, -0.25) is 4.98 Å². The zero-order valence-electron chi connectivity index (χ0n) is 11.0. The molecule has 0 bridgehead atoms. The molecule has 0 amide bonds. The molecule has 0 spiro atoms. The smallest absolute Gasteiger partial charge is 0.404 e. The van der Waals surface area contributed by atoms with Crippen LogP contribution >= 0.6 is 0 Å². The Kier molecular flexibility index (Phi) is 4.67. The minimum atomic E-state index is -4.98. The molecule has 0 aliphatic heterocycles. The van der Waals surface area contributed by atoms with E-state index in [1.165, 1.54) is 24.5 Å². The third kappa shape index (κ3) is 4.43. The van der Waals surface area contributed by atoms with E-state index >= 15 is 0 Å². The van der Waals surface area contributed by atoms with Gasteiger partial charge in [0.1, 0.15) is 10.6 Å². The second-order valence-electron chi connectivity index (χ2n) is 4.18. The summed E-state index contributed by atoms with van der Waals surface area (Å²) in [4.78, 5) is 3.23. The molecule has 0 saturated heterocycles. The highest BCUT2D eigenvalue weighted by atomic mass is 32.2. The summed E-state index contributed by atoms with van der Waals surface area (Å²) in [5, 5.41) is 0. The number of benzene rings is 1. The maximum atomic E-state index is 12.3. The number of ether oxygens (including phenoxy) is 1. The fourth-order valence-corrected chi connectivity index (χ4v) is 2.78. The van der Waals surface area contributed by atoms with Crippen LogP contribution in [0.5, 0.6) is 5.75 Å². The largest absolute Gasteiger partial charge is 0.573 e. The number of para-hydroxylation sites is 1. The van der Waals surface area contributed by atoms with Crippen molar-refractivity contribution < 1.29 is 26.3 Å². The van der Waals surface area contributed by atoms with E-state index in [9.17, 15) is 21.6 Å². The number of rotatable bonds is 5. The second-order valence-corrected chi connectivity index (χ2v) is 5.92. The molecule has 0 fully saturated rings. The Morgan fingerprint density at radius 1 is 1.14 bits per heavy atom. The SMILES string of the molecule is O=S(=O)(NCc1cccnc1)c1ccccc1OC(F)(F)F. The van der Waals surface area contributed by atoms with Crippen LogP contribution in [0.2, 0.25) is 0 Å². The maximum Gasteiger partial charge on any atom is 0.573 e. The van der Waals surface area contributed by atoms with Crippen molar-refractivity contribution in [3.05, 3.63) is 54.4 Å². The number of hydrogen-bond acceptors (Lipinski definition) is 4. The Morgan fingerprint density at radius 3 is 2.50 bits per heavy atom. The lowest BCUT2D eigenvalue weighted by atomic mass is 10.3. The zero-order valence-corrected chi connectivity index (χ0v) is 11.9. The summed E-state index contributed by atoms with van der Waals surface area (Å²) >= 11 is 0. The highest BCUT2D eigenvalue weighted by Crippen LogP contribution is 2.29. The predicted molar refractivity (Wildman–Crippen MR) is 71.4 cm³/mol. The van der Waals surface area contributed by atoms with E-state index in [4.69, 9.17) is 0 Å². The van der Waals surface area contributed by atoms with Gasteiger partial charge >= 0.3 is 6.36 Å². The van der Waals surface area contributed by atoms with Crippen molar-refractivity contribution in [3.8, 4) is 5.75 Å². The molecule has 1 heterocycles. The number of nitrogens with one attached hydrogen (secondary N) is 1. The average Bonchev–Trinajstić information content (AvgIpc) is 2.45. The molecule has 0 aliphatic rings. The van der Waals surface area contributed by atoms with Gasteiger partial charge in [0, 0.05) is 18.9 Å². The van der Waals surface area contributed by atoms with E-state index in [0.717, 1.165) is 12.1 Å². The van der Waals surface area contributed by atoms with Crippen molar-refractivity contribution in [1.29, 1.82) is 0 Å². The Morgan fingerprint density at radius 2 is 1.86 bits per heavy atom. The number of sulfonamides is 1. The number of aromatic nitrogens is 1. The third-order valence-corrected chi connectivity index (χ3v) is 3.99. The van der Waals surface area contributed by atoms with Crippen molar-refractivity contribution >= 4 is 10.0 Å². The molecule has 118 valence electrons. The summed E-state index contributed by atoms with van der Waals surface area (Å²) in [6, 6.07) is 7.78. The molecule has 1 aromatic carbocycles. The van der Waals surface area contributed by atoms with Gasteiger partial charge in [-0.05, 0) is 23.8 Å². The number of pyridine rings is 1. The molecule has 5 nitrogen and oxygen atoms in total. The molecule has 1 N–H and O–H groups in total. The first kappa shape index (κ1) is 16.2. The summed E-state index contributed by atoms with van der Waals surface area (Å²) in [5.41, 5.74) is 0.570. The van der Waals surface area contributed by atoms with Crippen LogP contribution in [0.15, 0.2) is 53.7 Å². The number of nitrogens with zero attached hydrogens (tertiary/aromatic N) is 1. The van der Waals surface area contributed by atoms with Crippen molar-refractivity contribution in [2.45, 2.75) is 17.8 Å². The van der Waals surface area contributed by atoms with Gasteiger partial charge in [-0.1, -0.05) is 18.2 Å². The predicted octanol–water partition coefficient (Wildman–Crippen LogP) is 2.46. The molecule has 0 saturated carbocycles. The molecule has 1 aromatic heterocycles. The van der Waals surface area contributed by atoms with Crippen molar-refractivity contribution in [1.82, 2.24) is 9.71 Å². The maximum absolute atomic E-state index is 12.3. The fraction of sp³-hybridized carbons (Fsp3) is 0.154. The van der Waals surface area contributed by atoms with Crippen LogP contribution in [-0.4, -0.2) is 19.8 Å². The van der Waals surface area contributed by atoms with Gasteiger partial charge in [0.25, 0.3) is 0 Å². The third-order valence-electron chi connectivity index (χ3n) is 2.55. The van der Waals surface area contributed by atoms with Gasteiger partial charge in [-0.25, -0.2) is 13.1 Å². The Bertz CT molecular complexity index is 734. The molecule has 0 unspecified atom stereocenters. The van der Waals surface area contributed by atoms with Crippen LogP contribution in [-0.2, 0) is 16.6 Å². The summed E-state index contributed by atoms with van der Waals surface area (Å²) in [7, 11) is -4.16. The van der Waals surface area contributed by atoms with Crippen LogP contribution < -0.4 is 9.46 Å². The lowest BCUT2D eigenvalue weighted by Gasteiger charge is -2.13. The minimum absolute atomic E-state index is 0.101. The lowest BCUT2D eigenvalue weighted by molar-refractivity contribution is -0.275. The summed E-state index contributed by atoms with van der Waals surface area (Å²) in [6.07, 6.45) is -2.01. The van der Waals surface area contributed by atoms with Crippen LogP contribution in [0, 0.1) is 0 Å². The first-order valence-electron chi connectivity index (χ1n) is 6.01. The van der Waals surface area contributed by atoms with Gasteiger partial charge in [-0.2, -0.15) is 0 Å². The van der Waals surface area contributed by atoms with Crippen molar-refractivity contribution in [2.75, 3.05) is 0 Å². The first-order valence-corrected chi connectivity index (χ1v) is 7.49. The van der Waals surface area contributed by atoms with E-state index in [-0.39, 0.29) is 6.54 Å². The zero-order chi connectivity index (χ0) is 16.2. The number of hydrogen-bond donors (Lipinski definition) is 1. The van der Waals surface area contributed by atoms with E-state index in [1.807, 2.05) is 0 Å². The highest BCUT2D eigenvalue weighted by molar-refractivity contribution is 7.89. The molecule has 22 heavy (non-hydrogen) atoms. The summed E-state index contributed by atoms with van der Waals surface area (Å²) in [6.45, 7) is -0.101. The molecule has 0 radical (unpaired) electrons. The summed E-state index contributed by atoms with van der Waals surface area (Å²) < 4.78 is 67.2. The van der Waals surface area contributed by atoms with E-state index in [1.54, 1.807) is 12.1 Å². The Balaban J connectivity index is 2.22.